The first-order valence-electron chi connectivity index (χ1n) is 13.3. The predicted molar refractivity (Wildman–Crippen MR) is 148 cm³/mol. The van der Waals surface area contributed by atoms with E-state index in [9.17, 15) is 4.79 Å². The average molecular weight is 519 g/mol. The second kappa shape index (κ2) is 11.2. The summed E-state index contributed by atoms with van der Waals surface area (Å²) in [6, 6.07) is 16.3. The highest BCUT2D eigenvalue weighted by Gasteiger charge is 2.25. The molecule has 5 heterocycles. The topological polar surface area (TPSA) is 65.0 Å². The molecule has 0 bridgehead atoms. The van der Waals surface area contributed by atoms with Crippen molar-refractivity contribution >= 4 is 28.9 Å². The first-order chi connectivity index (χ1) is 18.2. The lowest BCUT2D eigenvalue weighted by atomic mass is 10.1. The summed E-state index contributed by atoms with van der Waals surface area (Å²) in [5.41, 5.74) is 1.90. The van der Waals surface area contributed by atoms with Gasteiger partial charge in [-0.1, -0.05) is 18.2 Å². The van der Waals surface area contributed by atoms with Crippen LogP contribution in [0.25, 0.3) is 10.4 Å². The summed E-state index contributed by atoms with van der Waals surface area (Å²) >= 11 is 1.71. The van der Waals surface area contributed by atoms with Gasteiger partial charge in [-0.15, -0.1) is 21.5 Å². The van der Waals surface area contributed by atoms with Gasteiger partial charge in [0.05, 0.1) is 6.10 Å². The van der Waals surface area contributed by atoms with Gasteiger partial charge in [0.1, 0.15) is 0 Å². The fourth-order valence-electron chi connectivity index (χ4n) is 5.43. The highest BCUT2D eigenvalue weighted by atomic mass is 32.1. The van der Waals surface area contributed by atoms with Crippen LogP contribution in [0, 0.1) is 0 Å². The number of anilines is 2. The van der Waals surface area contributed by atoms with Crippen LogP contribution in [0.15, 0.2) is 53.9 Å². The third-order valence-electron chi connectivity index (χ3n) is 7.65. The van der Waals surface area contributed by atoms with Gasteiger partial charge in [0, 0.05) is 76.0 Å². The molecule has 1 atom stereocenters. The molecule has 3 fully saturated rings. The summed E-state index contributed by atoms with van der Waals surface area (Å²) in [4.78, 5) is 23.3. The molecule has 1 unspecified atom stereocenters. The Bertz CT molecular complexity index is 1150. The van der Waals surface area contributed by atoms with Crippen molar-refractivity contribution in [1.29, 1.82) is 0 Å². The lowest BCUT2D eigenvalue weighted by Gasteiger charge is -2.37. The summed E-state index contributed by atoms with van der Waals surface area (Å²) < 4.78 is 5.79. The molecule has 1 aromatic carbocycles. The van der Waals surface area contributed by atoms with Crippen LogP contribution in [-0.4, -0.2) is 97.5 Å². The number of carbonyl (C=O) groups is 1. The number of rotatable bonds is 6. The van der Waals surface area contributed by atoms with Crippen LogP contribution in [0.4, 0.5) is 11.6 Å². The largest absolute Gasteiger partial charge is 0.377 e. The Morgan fingerprint density at radius 1 is 0.865 bits per heavy atom. The molecule has 3 saturated heterocycles. The second-order valence-corrected chi connectivity index (χ2v) is 11.0. The van der Waals surface area contributed by atoms with E-state index in [1.807, 2.05) is 35.2 Å². The molecule has 6 rings (SSSR count). The Hall–Kier alpha value is -3.01. The maximum atomic E-state index is 13.0. The van der Waals surface area contributed by atoms with E-state index in [0.717, 1.165) is 75.2 Å². The maximum Gasteiger partial charge on any atom is 0.253 e. The first-order valence-corrected chi connectivity index (χ1v) is 14.2. The van der Waals surface area contributed by atoms with E-state index in [0.29, 0.717) is 19.2 Å². The van der Waals surface area contributed by atoms with E-state index in [4.69, 9.17) is 4.74 Å². The fourth-order valence-corrected chi connectivity index (χ4v) is 6.17. The minimum Gasteiger partial charge on any atom is -0.377 e. The molecule has 0 N–H and O–H groups in total. The quantitative estimate of drug-likeness (QED) is 0.495. The Balaban J connectivity index is 0.984. The molecular weight excluding hydrogens is 484 g/mol. The van der Waals surface area contributed by atoms with E-state index in [1.54, 1.807) is 11.3 Å². The van der Waals surface area contributed by atoms with Gasteiger partial charge in [-0.2, -0.15) is 0 Å². The van der Waals surface area contributed by atoms with Crippen molar-refractivity contribution < 1.29 is 9.53 Å². The number of benzene rings is 1. The summed E-state index contributed by atoms with van der Waals surface area (Å²) in [5.74, 6) is 1.92. The number of ether oxygens (including phenoxy) is 1. The predicted octanol–water partition coefficient (Wildman–Crippen LogP) is 3.47. The van der Waals surface area contributed by atoms with Gasteiger partial charge < -0.3 is 19.4 Å². The van der Waals surface area contributed by atoms with Crippen molar-refractivity contribution in [2.75, 3.05) is 75.3 Å². The highest BCUT2D eigenvalue weighted by molar-refractivity contribution is 7.13. The molecule has 8 nitrogen and oxygen atoms in total. The molecule has 0 aliphatic carbocycles. The molecule has 3 aromatic rings. The van der Waals surface area contributed by atoms with Gasteiger partial charge in [0.2, 0.25) is 0 Å². The van der Waals surface area contributed by atoms with E-state index in [2.05, 4.69) is 48.5 Å². The molecule has 9 heteroatoms. The molecule has 2 aromatic heterocycles. The zero-order valence-corrected chi connectivity index (χ0v) is 22.0. The Morgan fingerprint density at radius 3 is 2.11 bits per heavy atom. The van der Waals surface area contributed by atoms with E-state index in [1.165, 1.54) is 17.7 Å². The third-order valence-corrected chi connectivity index (χ3v) is 8.57. The Morgan fingerprint density at radius 2 is 1.54 bits per heavy atom. The molecule has 3 aliphatic heterocycles. The molecule has 0 radical (unpaired) electrons. The summed E-state index contributed by atoms with van der Waals surface area (Å²) in [6.45, 7) is 8.86. The summed E-state index contributed by atoms with van der Waals surface area (Å²) in [7, 11) is 0. The Labute approximate surface area is 222 Å². The number of amides is 1. The number of nitrogens with zero attached hydrogens (tertiary/aromatic N) is 6. The number of piperazine rings is 2. The zero-order valence-electron chi connectivity index (χ0n) is 21.2. The van der Waals surface area contributed by atoms with Crippen LogP contribution in [-0.2, 0) is 4.74 Å². The van der Waals surface area contributed by atoms with Crippen LogP contribution in [0.2, 0.25) is 0 Å². The number of carbonyl (C=O) groups excluding carboxylic acids is 1. The molecular formula is C28H34N6O2S. The standard InChI is InChI=1S/C28H34N6O2S/c35-28(23-7-5-22(6-8-23)25-4-2-20-37-25)34-17-15-33(16-18-34)27-10-9-26(29-30-27)32-13-11-31(12-14-32)21-24-3-1-19-36-24/h2,4-10,20,24H,1,3,11-19,21H2. The molecule has 3 aliphatic rings. The third kappa shape index (κ3) is 5.63. The Kier molecular flexibility index (Phi) is 7.34. The van der Waals surface area contributed by atoms with E-state index >= 15 is 0 Å². The average Bonchev–Trinajstić information content (AvgIpc) is 3.69. The van der Waals surface area contributed by atoms with Crippen molar-refractivity contribution in [2.24, 2.45) is 0 Å². The number of hydrogen-bond acceptors (Lipinski definition) is 8. The maximum absolute atomic E-state index is 13.0. The van der Waals surface area contributed by atoms with Crippen molar-refractivity contribution in [1.82, 2.24) is 20.0 Å². The number of aromatic nitrogens is 2. The number of hydrogen-bond donors (Lipinski definition) is 0. The van der Waals surface area contributed by atoms with Gasteiger partial charge in [0.15, 0.2) is 11.6 Å². The van der Waals surface area contributed by atoms with Crippen molar-refractivity contribution in [3.8, 4) is 10.4 Å². The van der Waals surface area contributed by atoms with Crippen molar-refractivity contribution in [3.05, 3.63) is 59.5 Å². The van der Waals surface area contributed by atoms with Crippen LogP contribution in [0.3, 0.4) is 0 Å². The number of thiophene rings is 1. The SMILES string of the molecule is O=C(c1ccc(-c2cccs2)cc1)N1CCN(c2ccc(N3CCN(CC4CCCO4)CC3)nn2)CC1. The second-order valence-electron chi connectivity index (χ2n) is 10.0. The minimum atomic E-state index is 0.0949. The van der Waals surface area contributed by atoms with Gasteiger partial charge in [0.25, 0.3) is 5.91 Å². The highest BCUT2D eigenvalue weighted by Crippen LogP contribution is 2.25. The van der Waals surface area contributed by atoms with E-state index < -0.39 is 0 Å². The van der Waals surface area contributed by atoms with Crippen LogP contribution in [0.1, 0.15) is 23.2 Å². The lowest BCUT2D eigenvalue weighted by molar-refractivity contribution is 0.0712. The fraction of sp³-hybridized carbons (Fsp3) is 0.464. The van der Waals surface area contributed by atoms with Gasteiger partial charge in [-0.3, -0.25) is 9.69 Å². The molecule has 0 saturated carbocycles. The van der Waals surface area contributed by atoms with E-state index in [-0.39, 0.29) is 5.91 Å². The van der Waals surface area contributed by atoms with Crippen LogP contribution >= 0.6 is 11.3 Å². The normalized spacial score (nSPS) is 21.0. The molecule has 37 heavy (non-hydrogen) atoms. The first kappa shape index (κ1) is 24.3. The van der Waals surface area contributed by atoms with Gasteiger partial charge in [-0.05, 0) is 54.1 Å². The molecule has 194 valence electrons. The smallest absolute Gasteiger partial charge is 0.253 e. The molecule has 0 spiro atoms. The van der Waals surface area contributed by atoms with Crippen LogP contribution < -0.4 is 9.80 Å². The monoisotopic (exact) mass is 518 g/mol. The van der Waals surface area contributed by atoms with Crippen molar-refractivity contribution in [2.45, 2.75) is 18.9 Å². The zero-order chi connectivity index (χ0) is 25.0. The minimum absolute atomic E-state index is 0.0949. The summed E-state index contributed by atoms with van der Waals surface area (Å²) in [5, 5.41) is 11.2. The molecule has 1 amide bonds. The lowest BCUT2D eigenvalue weighted by Crippen LogP contribution is -2.49. The van der Waals surface area contributed by atoms with Gasteiger partial charge >= 0.3 is 0 Å². The summed E-state index contributed by atoms with van der Waals surface area (Å²) in [6.07, 6.45) is 2.80. The van der Waals surface area contributed by atoms with Crippen molar-refractivity contribution in [3.63, 3.8) is 0 Å². The van der Waals surface area contributed by atoms with Gasteiger partial charge in [-0.25, -0.2) is 0 Å². The van der Waals surface area contributed by atoms with Crippen LogP contribution in [0.5, 0.6) is 0 Å².